The molecule has 0 radical (unpaired) electrons. The van der Waals surface area contributed by atoms with E-state index in [-0.39, 0.29) is 6.04 Å². The van der Waals surface area contributed by atoms with Crippen LogP contribution in [0.3, 0.4) is 0 Å². The minimum absolute atomic E-state index is 0.0137. The van der Waals surface area contributed by atoms with E-state index in [0.29, 0.717) is 5.22 Å². The SMILES string of the molecule is Cc1coc(Sc2ccccc2C(C)N)n1. The van der Waals surface area contributed by atoms with Crippen molar-refractivity contribution in [2.24, 2.45) is 5.73 Å². The zero-order chi connectivity index (χ0) is 11.5. The molecule has 0 fully saturated rings. The maximum Gasteiger partial charge on any atom is 0.260 e. The molecule has 3 nitrogen and oxygen atoms in total. The second kappa shape index (κ2) is 4.72. The third-order valence-corrected chi connectivity index (χ3v) is 3.16. The predicted octanol–water partition coefficient (Wildman–Crippen LogP) is 3.15. The van der Waals surface area contributed by atoms with E-state index in [2.05, 4.69) is 4.98 Å². The number of aromatic nitrogens is 1. The Hall–Kier alpha value is -1.26. The summed E-state index contributed by atoms with van der Waals surface area (Å²) in [5.74, 6) is 0. The van der Waals surface area contributed by atoms with Crippen molar-refractivity contribution in [2.75, 3.05) is 0 Å². The molecule has 1 aromatic heterocycles. The van der Waals surface area contributed by atoms with Crippen LogP contribution in [0.2, 0.25) is 0 Å². The molecule has 1 aromatic carbocycles. The van der Waals surface area contributed by atoms with E-state index in [9.17, 15) is 0 Å². The second-order valence-corrected chi connectivity index (χ2v) is 4.68. The van der Waals surface area contributed by atoms with Crippen LogP contribution in [-0.4, -0.2) is 4.98 Å². The van der Waals surface area contributed by atoms with Gasteiger partial charge in [0, 0.05) is 10.9 Å². The maximum absolute atomic E-state index is 5.91. The van der Waals surface area contributed by atoms with E-state index >= 15 is 0 Å². The van der Waals surface area contributed by atoms with Crippen molar-refractivity contribution < 1.29 is 4.42 Å². The number of nitrogens with two attached hydrogens (primary N) is 1. The predicted molar refractivity (Wildman–Crippen MR) is 64.4 cm³/mol. The Morgan fingerprint density at radius 2 is 2.12 bits per heavy atom. The Morgan fingerprint density at radius 1 is 1.38 bits per heavy atom. The fraction of sp³-hybridized carbons (Fsp3) is 0.250. The van der Waals surface area contributed by atoms with E-state index in [1.54, 1.807) is 6.26 Å². The first-order chi connectivity index (χ1) is 7.66. The number of hydrogen-bond acceptors (Lipinski definition) is 4. The van der Waals surface area contributed by atoms with E-state index < -0.39 is 0 Å². The highest BCUT2D eigenvalue weighted by molar-refractivity contribution is 7.99. The quantitative estimate of drug-likeness (QED) is 0.886. The topological polar surface area (TPSA) is 52.0 Å². The van der Waals surface area contributed by atoms with Crippen LogP contribution in [0.4, 0.5) is 0 Å². The first-order valence-corrected chi connectivity index (χ1v) is 5.93. The van der Waals surface area contributed by atoms with Crippen molar-refractivity contribution in [1.82, 2.24) is 4.98 Å². The minimum atomic E-state index is 0.0137. The van der Waals surface area contributed by atoms with Crippen LogP contribution in [0.15, 0.2) is 45.1 Å². The van der Waals surface area contributed by atoms with Gasteiger partial charge in [0.1, 0.15) is 6.26 Å². The van der Waals surface area contributed by atoms with Crippen LogP contribution < -0.4 is 5.73 Å². The highest BCUT2D eigenvalue weighted by atomic mass is 32.2. The molecule has 84 valence electrons. The number of nitrogens with zero attached hydrogens (tertiary/aromatic N) is 1. The summed E-state index contributed by atoms with van der Waals surface area (Å²) in [7, 11) is 0. The standard InChI is InChI=1S/C12H14N2OS/c1-8-7-15-12(14-8)16-11-6-4-3-5-10(11)9(2)13/h3-7,9H,13H2,1-2H3. The molecule has 1 atom stereocenters. The molecule has 0 aliphatic carbocycles. The number of benzene rings is 1. The van der Waals surface area contributed by atoms with Crippen molar-refractivity contribution in [1.29, 1.82) is 0 Å². The third-order valence-electron chi connectivity index (χ3n) is 2.20. The van der Waals surface area contributed by atoms with Gasteiger partial charge >= 0.3 is 0 Å². The molecule has 1 heterocycles. The Morgan fingerprint density at radius 3 is 2.75 bits per heavy atom. The molecule has 16 heavy (non-hydrogen) atoms. The molecule has 0 spiro atoms. The summed E-state index contributed by atoms with van der Waals surface area (Å²) in [6, 6.07) is 8.05. The lowest BCUT2D eigenvalue weighted by molar-refractivity contribution is 0.454. The minimum Gasteiger partial charge on any atom is -0.439 e. The molecule has 2 aromatic rings. The number of oxazole rings is 1. The van der Waals surface area contributed by atoms with E-state index in [1.165, 1.54) is 11.8 Å². The normalized spacial score (nSPS) is 12.7. The largest absolute Gasteiger partial charge is 0.439 e. The van der Waals surface area contributed by atoms with Gasteiger partial charge in [-0.1, -0.05) is 18.2 Å². The van der Waals surface area contributed by atoms with Crippen LogP contribution in [-0.2, 0) is 0 Å². The van der Waals surface area contributed by atoms with Crippen molar-refractivity contribution >= 4 is 11.8 Å². The number of aryl methyl sites for hydroxylation is 1. The van der Waals surface area contributed by atoms with Gasteiger partial charge in [0.25, 0.3) is 5.22 Å². The fourth-order valence-corrected chi connectivity index (χ4v) is 2.42. The van der Waals surface area contributed by atoms with Gasteiger partial charge in [0.05, 0.1) is 5.69 Å². The van der Waals surface area contributed by atoms with Gasteiger partial charge in [-0.3, -0.25) is 0 Å². The lowest BCUT2D eigenvalue weighted by atomic mass is 10.1. The lowest BCUT2D eigenvalue weighted by Gasteiger charge is -2.09. The Balaban J connectivity index is 2.27. The van der Waals surface area contributed by atoms with Gasteiger partial charge in [-0.15, -0.1) is 0 Å². The first kappa shape index (κ1) is 11.2. The molecule has 4 heteroatoms. The Kier molecular flexibility index (Phi) is 3.31. The molecule has 2 rings (SSSR count). The summed E-state index contributed by atoms with van der Waals surface area (Å²) >= 11 is 1.51. The molecule has 0 amide bonds. The molecule has 1 unspecified atom stereocenters. The molecule has 0 saturated heterocycles. The van der Waals surface area contributed by atoms with Gasteiger partial charge in [0.2, 0.25) is 0 Å². The summed E-state index contributed by atoms with van der Waals surface area (Å²) in [4.78, 5) is 5.36. The summed E-state index contributed by atoms with van der Waals surface area (Å²) in [6.45, 7) is 3.88. The Labute approximate surface area is 99.1 Å². The monoisotopic (exact) mass is 234 g/mol. The summed E-state index contributed by atoms with van der Waals surface area (Å²) < 4.78 is 5.31. The highest BCUT2D eigenvalue weighted by Gasteiger charge is 2.10. The van der Waals surface area contributed by atoms with Crippen molar-refractivity contribution in [3.8, 4) is 0 Å². The van der Waals surface area contributed by atoms with E-state index in [1.807, 2.05) is 38.1 Å². The second-order valence-electron chi connectivity index (χ2n) is 3.68. The Bertz CT molecular complexity index is 479. The average molecular weight is 234 g/mol. The van der Waals surface area contributed by atoms with Gasteiger partial charge in [-0.2, -0.15) is 0 Å². The first-order valence-electron chi connectivity index (χ1n) is 5.11. The highest BCUT2D eigenvalue weighted by Crippen LogP contribution is 2.31. The van der Waals surface area contributed by atoms with Gasteiger partial charge in [-0.25, -0.2) is 4.98 Å². The fourth-order valence-electron chi connectivity index (χ4n) is 1.42. The lowest BCUT2D eigenvalue weighted by Crippen LogP contribution is -2.05. The zero-order valence-electron chi connectivity index (χ0n) is 9.31. The third kappa shape index (κ3) is 2.46. The molecule has 0 aliphatic heterocycles. The molecular formula is C12H14N2OS. The molecule has 0 saturated carbocycles. The maximum atomic E-state index is 5.91. The number of rotatable bonds is 3. The molecular weight excluding hydrogens is 220 g/mol. The van der Waals surface area contributed by atoms with E-state index in [4.69, 9.17) is 10.2 Å². The summed E-state index contributed by atoms with van der Waals surface area (Å²) in [5, 5.41) is 0.658. The van der Waals surface area contributed by atoms with E-state index in [0.717, 1.165) is 16.2 Å². The van der Waals surface area contributed by atoms with Crippen molar-refractivity contribution in [3.05, 3.63) is 41.8 Å². The van der Waals surface area contributed by atoms with Gasteiger partial charge in [-0.05, 0) is 37.2 Å². The molecule has 0 bridgehead atoms. The molecule has 0 aliphatic rings. The van der Waals surface area contributed by atoms with Gasteiger partial charge < -0.3 is 10.2 Å². The molecule has 2 N–H and O–H groups in total. The van der Waals surface area contributed by atoms with Crippen molar-refractivity contribution in [3.63, 3.8) is 0 Å². The van der Waals surface area contributed by atoms with Crippen molar-refractivity contribution in [2.45, 2.75) is 30.0 Å². The van der Waals surface area contributed by atoms with Crippen LogP contribution >= 0.6 is 11.8 Å². The van der Waals surface area contributed by atoms with Crippen LogP contribution in [0.25, 0.3) is 0 Å². The number of hydrogen-bond donors (Lipinski definition) is 1. The summed E-state index contributed by atoms with van der Waals surface area (Å²) in [6.07, 6.45) is 1.65. The van der Waals surface area contributed by atoms with Gasteiger partial charge in [0.15, 0.2) is 0 Å². The van der Waals surface area contributed by atoms with Crippen LogP contribution in [0.1, 0.15) is 24.2 Å². The average Bonchev–Trinajstić information content (AvgIpc) is 2.64. The van der Waals surface area contributed by atoms with Crippen LogP contribution in [0, 0.1) is 6.92 Å². The summed E-state index contributed by atoms with van der Waals surface area (Å²) in [5.41, 5.74) is 7.91. The zero-order valence-corrected chi connectivity index (χ0v) is 10.1. The smallest absolute Gasteiger partial charge is 0.260 e. The van der Waals surface area contributed by atoms with Crippen LogP contribution in [0.5, 0.6) is 0 Å².